The fourth-order valence-electron chi connectivity index (χ4n) is 1.77. The molecule has 19 heavy (non-hydrogen) atoms. The SMILES string of the molecule is O=C(COCCc1ccc2sccc2c1)NCCO. The van der Waals surface area contributed by atoms with Crippen molar-refractivity contribution in [2.45, 2.75) is 6.42 Å². The van der Waals surface area contributed by atoms with Gasteiger partial charge in [-0.25, -0.2) is 0 Å². The van der Waals surface area contributed by atoms with Gasteiger partial charge in [0.25, 0.3) is 0 Å². The largest absolute Gasteiger partial charge is 0.395 e. The maximum absolute atomic E-state index is 11.2. The second kappa shape index (κ2) is 7.23. The van der Waals surface area contributed by atoms with E-state index in [1.807, 2.05) is 0 Å². The number of thiophene rings is 1. The van der Waals surface area contributed by atoms with Gasteiger partial charge in [0.05, 0.1) is 13.2 Å². The Morgan fingerprint density at radius 1 is 1.37 bits per heavy atom. The average molecular weight is 279 g/mol. The van der Waals surface area contributed by atoms with Crippen LogP contribution in [0.3, 0.4) is 0 Å². The van der Waals surface area contributed by atoms with Gasteiger partial charge >= 0.3 is 0 Å². The van der Waals surface area contributed by atoms with Gasteiger partial charge in [-0.15, -0.1) is 11.3 Å². The molecule has 0 aliphatic rings. The van der Waals surface area contributed by atoms with E-state index in [2.05, 4.69) is 35.0 Å². The van der Waals surface area contributed by atoms with Gasteiger partial charge in [0, 0.05) is 11.2 Å². The molecule has 0 saturated heterocycles. The molecular formula is C14H17NO3S. The lowest BCUT2D eigenvalue weighted by Gasteiger charge is -2.05. The normalized spacial score (nSPS) is 10.8. The number of fused-ring (bicyclic) bond motifs is 1. The fraction of sp³-hybridized carbons (Fsp3) is 0.357. The van der Waals surface area contributed by atoms with Crippen LogP contribution in [0.1, 0.15) is 5.56 Å². The second-order valence-electron chi connectivity index (χ2n) is 4.17. The van der Waals surface area contributed by atoms with Gasteiger partial charge in [0.2, 0.25) is 5.91 Å². The summed E-state index contributed by atoms with van der Waals surface area (Å²) in [7, 11) is 0. The number of hydrogen-bond acceptors (Lipinski definition) is 4. The molecule has 0 fully saturated rings. The van der Waals surface area contributed by atoms with Crippen LogP contribution in [0.15, 0.2) is 29.6 Å². The summed E-state index contributed by atoms with van der Waals surface area (Å²) in [4.78, 5) is 11.2. The van der Waals surface area contributed by atoms with Crippen molar-refractivity contribution in [2.75, 3.05) is 26.4 Å². The van der Waals surface area contributed by atoms with Crippen molar-refractivity contribution < 1.29 is 14.6 Å². The average Bonchev–Trinajstić information content (AvgIpc) is 2.88. The third-order valence-electron chi connectivity index (χ3n) is 2.72. The highest BCUT2D eigenvalue weighted by Gasteiger charge is 2.01. The lowest BCUT2D eigenvalue weighted by Crippen LogP contribution is -2.30. The van der Waals surface area contributed by atoms with Gasteiger partial charge in [-0.05, 0) is 34.9 Å². The summed E-state index contributed by atoms with van der Waals surface area (Å²) < 4.78 is 6.58. The van der Waals surface area contributed by atoms with Crippen molar-refractivity contribution in [3.05, 3.63) is 35.2 Å². The summed E-state index contributed by atoms with van der Waals surface area (Å²) in [6.45, 7) is 0.784. The number of aliphatic hydroxyl groups is 1. The molecular weight excluding hydrogens is 262 g/mol. The molecule has 1 aromatic heterocycles. The first-order chi connectivity index (χ1) is 9.29. The molecule has 2 aromatic rings. The molecule has 0 unspecified atom stereocenters. The molecule has 5 heteroatoms. The highest BCUT2D eigenvalue weighted by atomic mass is 32.1. The maximum atomic E-state index is 11.2. The summed E-state index contributed by atoms with van der Waals surface area (Å²) in [6, 6.07) is 8.46. The van der Waals surface area contributed by atoms with E-state index in [0.29, 0.717) is 6.61 Å². The van der Waals surface area contributed by atoms with Crippen LogP contribution in [0.5, 0.6) is 0 Å². The molecule has 102 valence electrons. The molecule has 0 aliphatic heterocycles. The quantitative estimate of drug-likeness (QED) is 0.756. The molecule has 0 spiro atoms. The molecule has 0 radical (unpaired) electrons. The number of carbonyl (C=O) groups is 1. The van der Waals surface area contributed by atoms with Crippen LogP contribution in [-0.4, -0.2) is 37.4 Å². The Balaban J connectivity index is 1.72. The van der Waals surface area contributed by atoms with Gasteiger partial charge in [-0.2, -0.15) is 0 Å². The summed E-state index contributed by atoms with van der Waals surface area (Å²) in [5.41, 5.74) is 1.21. The Morgan fingerprint density at radius 2 is 2.26 bits per heavy atom. The van der Waals surface area contributed by atoms with Crippen molar-refractivity contribution in [3.8, 4) is 0 Å². The van der Waals surface area contributed by atoms with Crippen LogP contribution >= 0.6 is 11.3 Å². The zero-order valence-corrected chi connectivity index (χ0v) is 11.4. The molecule has 1 amide bonds. The molecule has 0 bridgehead atoms. The van der Waals surface area contributed by atoms with Gasteiger partial charge in [0.15, 0.2) is 0 Å². The van der Waals surface area contributed by atoms with E-state index in [1.54, 1.807) is 11.3 Å². The van der Waals surface area contributed by atoms with Crippen LogP contribution < -0.4 is 5.32 Å². The summed E-state index contributed by atoms with van der Waals surface area (Å²) in [6.07, 6.45) is 0.791. The standard InChI is InChI=1S/C14H17NO3S/c16-6-5-15-14(17)10-18-7-3-11-1-2-13-12(9-11)4-8-19-13/h1-2,4,8-9,16H,3,5-7,10H2,(H,15,17). The molecule has 1 aromatic carbocycles. The monoisotopic (exact) mass is 279 g/mol. The van der Waals surface area contributed by atoms with E-state index in [4.69, 9.17) is 9.84 Å². The van der Waals surface area contributed by atoms with E-state index in [-0.39, 0.29) is 25.7 Å². The van der Waals surface area contributed by atoms with E-state index in [0.717, 1.165) is 6.42 Å². The molecule has 4 nitrogen and oxygen atoms in total. The highest BCUT2D eigenvalue weighted by Crippen LogP contribution is 2.21. The van der Waals surface area contributed by atoms with Crippen LogP contribution in [0.25, 0.3) is 10.1 Å². The van der Waals surface area contributed by atoms with Gasteiger partial charge in [0.1, 0.15) is 6.61 Å². The number of amides is 1. The smallest absolute Gasteiger partial charge is 0.246 e. The maximum Gasteiger partial charge on any atom is 0.246 e. The van der Waals surface area contributed by atoms with Crippen molar-refractivity contribution in [2.24, 2.45) is 0 Å². The van der Waals surface area contributed by atoms with Crippen LogP contribution in [-0.2, 0) is 16.0 Å². The summed E-state index contributed by atoms with van der Waals surface area (Å²) >= 11 is 1.73. The topological polar surface area (TPSA) is 58.6 Å². The predicted octanol–water partition coefficient (Wildman–Crippen LogP) is 1.57. The lowest BCUT2D eigenvalue weighted by molar-refractivity contribution is -0.125. The van der Waals surface area contributed by atoms with E-state index < -0.39 is 0 Å². The number of ether oxygens (including phenoxy) is 1. The minimum absolute atomic E-state index is 0.0424. The third kappa shape index (κ3) is 4.31. The lowest BCUT2D eigenvalue weighted by atomic mass is 10.1. The van der Waals surface area contributed by atoms with Gasteiger partial charge in [-0.3, -0.25) is 4.79 Å². The van der Waals surface area contributed by atoms with Gasteiger partial charge < -0.3 is 15.2 Å². The van der Waals surface area contributed by atoms with E-state index >= 15 is 0 Å². The second-order valence-corrected chi connectivity index (χ2v) is 5.12. The van der Waals surface area contributed by atoms with Crippen LogP contribution in [0.2, 0.25) is 0 Å². The Labute approximate surface area is 116 Å². The Hall–Kier alpha value is -1.43. The molecule has 2 N–H and O–H groups in total. The molecule has 0 atom stereocenters. The van der Waals surface area contributed by atoms with Crippen molar-refractivity contribution in [1.82, 2.24) is 5.32 Å². The molecule has 0 saturated carbocycles. The van der Waals surface area contributed by atoms with Crippen LogP contribution in [0.4, 0.5) is 0 Å². The zero-order valence-electron chi connectivity index (χ0n) is 10.6. The van der Waals surface area contributed by atoms with Gasteiger partial charge in [-0.1, -0.05) is 12.1 Å². The number of carbonyl (C=O) groups excluding carboxylic acids is 1. The zero-order chi connectivity index (χ0) is 13.5. The van der Waals surface area contributed by atoms with Crippen LogP contribution in [0, 0.1) is 0 Å². The van der Waals surface area contributed by atoms with Crippen molar-refractivity contribution >= 4 is 27.3 Å². The minimum atomic E-state index is -0.192. The van der Waals surface area contributed by atoms with Crippen molar-refractivity contribution in [3.63, 3.8) is 0 Å². The first-order valence-electron chi connectivity index (χ1n) is 6.21. The Bertz CT molecular complexity index is 538. The predicted molar refractivity (Wildman–Crippen MR) is 76.4 cm³/mol. The number of rotatable bonds is 7. The number of nitrogens with one attached hydrogen (secondary N) is 1. The number of aliphatic hydroxyl groups excluding tert-OH is 1. The third-order valence-corrected chi connectivity index (χ3v) is 3.62. The molecule has 2 rings (SSSR count). The Kier molecular flexibility index (Phi) is 5.32. The summed E-state index contributed by atoms with van der Waals surface area (Å²) in [5.74, 6) is -0.192. The highest BCUT2D eigenvalue weighted by molar-refractivity contribution is 7.17. The minimum Gasteiger partial charge on any atom is -0.395 e. The summed E-state index contributed by atoms with van der Waals surface area (Å²) in [5, 5.41) is 14.4. The Morgan fingerprint density at radius 3 is 3.11 bits per heavy atom. The molecule has 0 aliphatic carbocycles. The van der Waals surface area contributed by atoms with E-state index in [1.165, 1.54) is 15.6 Å². The van der Waals surface area contributed by atoms with Crippen molar-refractivity contribution in [1.29, 1.82) is 0 Å². The number of benzene rings is 1. The van der Waals surface area contributed by atoms with E-state index in [9.17, 15) is 4.79 Å². The first-order valence-corrected chi connectivity index (χ1v) is 7.09. The number of hydrogen-bond donors (Lipinski definition) is 2. The fourth-order valence-corrected chi connectivity index (χ4v) is 2.54. The first kappa shape index (κ1) is 14.0. The molecule has 1 heterocycles.